The van der Waals surface area contributed by atoms with Gasteiger partial charge in [-0.05, 0) is 63.3 Å². The Balaban J connectivity index is 1.21. The molecule has 0 radical (unpaired) electrons. The van der Waals surface area contributed by atoms with E-state index in [9.17, 15) is 9.59 Å². The average Bonchev–Trinajstić information content (AvgIpc) is 3.00. The second-order valence-corrected chi connectivity index (χ2v) is 10.9. The van der Waals surface area contributed by atoms with Crippen LogP contribution in [0.4, 0.5) is 17.5 Å². The van der Waals surface area contributed by atoms with Crippen LogP contribution in [0.15, 0.2) is 30.5 Å². The first-order valence-electron chi connectivity index (χ1n) is 15.7. The van der Waals surface area contributed by atoms with Crippen molar-refractivity contribution in [2.75, 3.05) is 84.1 Å². The molecule has 12 nitrogen and oxygen atoms in total. The fraction of sp³-hybridized carbons (Fsp3) is 0.625. The highest BCUT2D eigenvalue weighted by Gasteiger charge is 2.27. The predicted molar refractivity (Wildman–Crippen MR) is 170 cm³/mol. The van der Waals surface area contributed by atoms with Gasteiger partial charge in [-0.3, -0.25) is 9.59 Å². The van der Waals surface area contributed by atoms with Crippen LogP contribution in [0.2, 0.25) is 0 Å². The molecule has 0 unspecified atom stereocenters. The van der Waals surface area contributed by atoms with E-state index in [2.05, 4.69) is 25.9 Å². The summed E-state index contributed by atoms with van der Waals surface area (Å²) in [4.78, 5) is 34.2. The van der Waals surface area contributed by atoms with Crippen molar-refractivity contribution >= 4 is 29.3 Å². The molecule has 1 fully saturated rings. The summed E-state index contributed by atoms with van der Waals surface area (Å²) in [5.74, 6) is 2.37. The Morgan fingerprint density at radius 1 is 0.932 bits per heavy atom. The molecular weight excluding hydrogens is 564 g/mol. The summed E-state index contributed by atoms with van der Waals surface area (Å²) in [6.45, 7) is 7.09. The van der Waals surface area contributed by atoms with Crippen LogP contribution in [0.1, 0.15) is 50.5 Å². The zero-order valence-corrected chi connectivity index (χ0v) is 26.6. The topological polar surface area (TPSA) is 136 Å². The van der Waals surface area contributed by atoms with Gasteiger partial charge in [0.15, 0.2) is 0 Å². The molecule has 1 aromatic heterocycles. The number of aromatic nitrogens is 2. The molecular formula is C32H50N6O6. The van der Waals surface area contributed by atoms with Crippen LogP contribution in [0, 0.1) is 12.8 Å². The van der Waals surface area contributed by atoms with E-state index in [4.69, 9.17) is 18.9 Å². The van der Waals surface area contributed by atoms with Gasteiger partial charge in [-0.1, -0.05) is 6.42 Å². The second-order valence-electron chi connectivity index (χ2n) is 10.9. The van der Waals surface area contributed by atoms with Crippen molar-refractivity contribution in [1.82, 2.24) is 20.2 Å². The third-order valence-corrected chi connectivity index (χ3v) is 7.27. The Labute approximate surface area is 261 Å². The highest BCUT2D eigenvalue weighted by atomic mass is 16.5. The highest BCUT2D eigenvalue weighted by Crippen LogP contribution is 2.27. The minimum absolute atomic E-state index is 0.0952. The molecule has 1 aliphatic rings. The van der Waals surface area contributed by atoms with E-state index in [-0.39, 0.29) is 24.3 Å². The molecule has 0 saturated heterocycles. The Morgan fingerprint density at radius 3 is 2.25 bits per heavy atom. The first kappa shape index (κ1) is 35.0. The van der Waals surface area contributed by atoms with Crippen LogP contribution in [0.3, 0.4) is 0 Å². The van der Waals surface area contributed by atoms with Gasteiger partial charge < -0.3 is 39.8 Å². The number of likely N-dealkylation sites (N-methyl/N-ethyl adjacent to an activating group) is 2. The number of carbonyl (C=O) groups is 2. The molecule has 1 aliphatic carbocycles. The molecule has 0 atom stereocenters. The number of nitrogens with one attached hydrogen (secondary N) is 3. The molecule has 12 heteroatoms. The van der Waals surface area contributed by atoms with Gasteiger partial charge >= 0.3 is 0 Å². The number of unbranched alkanes of at least 4 members (excludes halogenated alkanes) is 1. The fourth-order valence-electron chi connectivity index (χ4n) is 4.33. The van der Waals surface area contributed by atoms with Gasteiger partial charge in [0.25, 0.3) is 0 Å². The summed E-state index contributed by atoms with van der Waals surface area (Å²) in [5, 5.41) is 9.09. The number of ether oxygens (including phenoxy) is 4. The summed E-state index contributed by atoms with van der Waals surface area (Å²) in [6.07, 6.45) is 8.45. The molecule has 3 rings (SSSR count). The van der Waals surface area contributed by atoms with Gasteiger partial charge in [0.05, 0.1) is 6.61 Å². The van der Waals surface area contributed by atoms with Crippen molar-refractivity contribution in [2.45, 2.75) is 51.9 Å². The monoisotopic (exact) mass is 614 g/mol. The molecule has 1 saturated carbocycles. The van der Waals surface area contributed by atoms with Crippen LogP contribution in [-0.2, 0) is 23.8 Å². The molecule has 44 heavy (non-hydrogen) atoms. The second kappa shape index (κ2) is 20.5. The lowest BCUT2D eigenvalue weighted by Gasteiger charge is -2.29. The van der Waals surface area contributed by atoms with Gasteiger partial charge in [0.2, 0.25) is 17.8 Å². The summed E-state index contributed by atoms with van der Waals surface area (Å²) in [6, 6.07) is 7.70. The predicted octanol–water partition coefficient (Wildman–Crippen LogP) is 3.93. The van der Waals surface area contributed by atoms with Gasteiger partial charge in [0, 0.05) is 90.0 Å². The highest BCUT2D eigenvalue weighted by molar-refractivity contribution is 5.79. The maximum atomic E-state index is 12.3. The van der Waals surface area contributed by atoms with E-state index >= 15 is 0 Å². The third kappa shape index (κ3) is 13.4. The number of hydrogen-bond donors (Lipinski definition) is 3. The molecule has 244 valence electrons. The first-order valence-corrected chi connectivity index (χ1v) is 15.7. The molecule has 1 heterocycles. The van der Waals surface area contributed by atoms with Crippen LogP contribution >= 0.6 is 0 Å². The van der Waals surface area contributed by atoms with Crippen molar-refractivity contribution in [3.63, 3.8) is 0 Å². The minimum Gasteiger partial charge on any atom is -0.494 e. The minimum atomic E-state index is -0.118. The largest absolute Gasteiger partial charge is 0.494 e. The summed E-state index contributed by atoms with van der Waals surface area (Å²) >= 11 is 0. The van der Waals surface area contributed by atoms with Crippen molar-refractivity contribution in [2.24, 2.45) is 5.92 Å². The smallest absolute Gasteiger partial charge is 0.245 e. The fourth-order valence-corrected chi connectivity index (χ4v) is 4.33. The number of benzene rings is 1. The lowest BCUT2D eigenvalue weighted by atomic mass is 9.84. The number of aryl methyl sites for hydroxylation is 1. The Morgan fingerprint density at radius 2 is 1.59 bits per heavy atom. The number of anilines is 3. The van der Waals surface area contributed by atoms with E-state index in [1.807, 2.05) is 43.1 Å². The summed E-state index contributed by atoms with van der Waals surface area (Å²) < 4.78 is 22.3. The zero-order valence-electron chi connectivity index (χ0n) is 26.6. The summed E-state index contributed by atoms with van der Waals surface area (Å²) in [5.41, 5.74) is 1.80. The first-order chi connectivity index (χ1) is 21.5. The van der Waals surface area contributed by atoms with E-state index in [0.717, 1.165) is 67.8 Å². The van der Waals surface area contributed by atoms with Gasteiger partial charge in [0.1, 0.15) is 18.2 Å². The SMILES string of the molecule is CNC(=O)COCCCOCCCCOCCCOc1ccc(Nc2ncc(C)c(NCCN(C)C(=O)C3CCC3)n2)cc1. The quantitative estimate of drug-likeness (QED) is 0.158. The molecule has 2 amide bonds. The Bertz CT molecular complexity index is 1110. The molecule has 3 N–H and O–H groups in total. The third-order valence-electron chi connectivity index (χ3n) is 7.27. The summed E-state index contributed by atoms with van der Waals surface area (Å²) in [7, 11) is 3.46. The lowest BCUT2D eigenvalue weighted by Crippen LogP contribution is -2.38. The van der Waals surface area contributed by atoms with Gasteiger partial charge in [-0.15, -0.1) is 0 Å². The molecule has 0 bridgehead atoms. The number of hydrogen-bond acceptors (Lipinski definition) is 10. The number of amides is 2. The van der Waals surface area contributed by atoms with Crippen LogP contribution in [0.25, 0.3) is 0 Å². The maximum Gasteiger partial charge on any atom is 0.245 e. The van der Waals surface area contributed by atoms with Crippen LogP contribution < -0.4 is 20.7 Å². The molecule has 0 aliphatic heterocycles. The van der Waals surface area contributed by atoms with Gasteiger partial charge in [-0.25, -0.2) is 4.98 Å². The zero-order chi connectivity index (χ0) is 31.4. The van der Waals surface area contributed by atoms with Crippen molar-refractivity contribution in [3.05, 3.63) is 36.0 Å². The number of carbonyl (C=O) groups excluding carboxylic acids is 2. The van der Waals surface area contributed by atoms with Crippen molar-refractivity contribution in [3.8, 4) is 5.75 Å². The maximum absolute atomic E-state index is 12.3. The average molecular weight is 615 g/mol. The van der Waals surface area contributed by atoms with E-state index < -0.39 is 0 Å². The Kier molecular flexibility index (Phi) is 16.3. The van der Waals surface area contributed by atoms with Crippen molar-refractivity contribution in [1.29, 1.82) is 0 Å². The number of nitrogens with zero attached hydrogens (tertiary/aromatic N) is 3. The molecule has 0 spiro atoms. The van der Waals surface area contributed by atoms with Crippen LogP contribution in [-0.4, -0.2) is 100 Å². The van der Waals surface area contributed by atoms with E-state index in [1.165, 1.54) is 0 Å². The molecule has 1 aromatic carbocycles. The van der Waals surface area contributed by atoms with Crippen molar-refractivity contribution < 1.29 is 28.5 Å². The van der Waals surface area contributed by atoms with E-state index in [1.54, 1.807) is 13.2 Å². The number of rotatable bonds is 23. The standard InChI is InChI=1S/C32H50N6O6/c1-25-23-35-32(37-30(25)34-15-16-38(3)31(40)26-9-6-10-26)36-27-11-13-28(14-12-27)44-22-8-20-42-18-5-4-17-41-19-7-21-43-24-29(39)33-2/h11-14,23,26H,4-10,15-22,24H2,1-3H3,(H,33,39)(H2,34,35,36,37). The Hall–Kier alpha value is -3.48. The van der Waals surface area contributed by atoms with Crippen LogP contribution in [0.5, 0.6) is 5.75 Å². The lowest BCUT2D eigenvalue weighted by molar-refractivity contribution is -0.136. The normalized spacial score (nSPS) is 12.8. The van der Waals surface area contributed by atoms with E-state index in [0.29, 0.717) is 58.7 Å². The van der Waals surface area contributed by atoms with Gasteiger partial charge in [-0.2, -0.15) is 4.98 Å². The molecule has 2 aromatic rings.